The van der Waals surface area contributed by atoms with Crippen molar-refractivity contribution in [1.82, 2.24) is 9.97 Å². The summed E-state index contributed by atoms with van der Waals surface area (Å²) in [6.07, 6.45) is 5.60. The number of rotatable bonds is 5. The lowest BCUT2D eigenvalue weighted by atomic mass is 9.87. The van der Waals surface area contributed by atoms with Gasteiger partial charge in [0.2, 0.25) is 11.6 Å². The van der Waals surface area contributed by atoms with E-state index in [2.05, 4.69) is 9.97 Å². The third-order valence-electron chi connectivity index (χ3n) is 5.07. The van der Waals surface area contributed by atoms with Gasteiger partial charge >= 0.3 is 0 Å². The van der Waals surface area contributed by atoms with Crippen LogP contribution in [0.4, 0.5) is 0 Å². The first-order valence-corrected chi connectivity index (χ1v) is 8.94. The first kappa shape index (κ1) is 18.0. The molecule has 3 aromatic rings. The zero-order valence-electron chi connectivity index (χ0n) is 15.0. The van der Waals surface area contributed by atoms with E-state index in [0.717, 1.165) is 5.56 Å². The average Bonchev–Trinajstić information content (AvgIpc) is 3.27. The Bertz CT molecular complexity index is 1150. The van der Waals surface area contributed by atoms with Crippen LogP contribution in [-0.2, 0) is 17.6 Å². The van der Waals surface area contributed by atoms with Gasteiger partial charge in [-0.15, -0.1) is 0 Å². The van der Waals surface area contributed by atoms with Crippen molar-refractivity contribution in [3.63, 3.8) is 0 Å². The highest BCUT2D eigenvalue weighted by Crippen LogP contribution is 2.43. The molecule has 0 fully saturated rings. The number of aromatic amines is 2. The van der Waals surface area contributed by atoms with E-state index < -0.39 is 11.6 Å². The van der Waals surface area contributed by atoms with Gasteiger partial charge in [-0.3, -0.25) is 9.59 Å². The predicted molar refractivity (Wildman–Crippen MR) is 104 cm³/mol. The molecule has 0 saturated heterocycles. The van der Waals surface area contributed by atoms with E-state index in [1.54, 1.807) is 12.4 Å². The molecular formula is C20H20N4O4. The quantitative estimate of drug-likeness (QED) is 0.287. The molecule has 144 valence electrons. The third kappa shape index (κ3) is 2.54. The number of aromatic nitrogens is 2. The fraction of sp³-hybridized carbons (Fsp3) is 0.200. The number of H-pyrrole nitrogens is 2. The fourth-order valence-electron chi connectivity index (χ4n) is 3.81. The highest BCUT2D eigenvalue weighted by atomic mass is 16.3. The summed E-state index contributed by atoms with van der Waals surface area (Å²) in [6, 6.07) is 1.38. The zero-order chi connectivity index (χ0) is 20.0. The van der Waals surface area contributed by atoms with Crippen LogP contribution in [0.1, 0.15) is 32.7 Å². The zero-order valence-corrected chi connectivity index (χ0v) is 15.0. The summed E-state index contributed by atoms with van der Waals surface area (Å²) in [6.45, 7) is 0.713. The van der Waals surface area contributed by atoms with Crippen molar-refractivity contribution < 1.29 is 19.8 Å². The van der Waals surface area contributed by atoms with Gasteiger partial charge in [-0.1, -0.05) is 0 Å². The van der Waals surface area contributed by atoms with Crippen LogP contribution in [0.25, 0.3) is 16.5 Å². The fourth-order valence-corrected chi connectivity index (χ4v) is 3.81. The molecule has 0 spiro atoms. The number of ketones is 2. The molecule has 0 aliphatic heterocycles. The number of carbonyl (C=O) groups is 2. The number of benzene rings is 1. The molecule has 0 radical (unpaired) electrons. The number of hydrogen-bond acceptors (Lipinski definition) is 6. The second-order valence-electron chi connectivity index (χ2n) is 6.75. The van der Waals surface area contributed by atoms with Gasteiger partial charge in [0, 0.05) is 28.9 Å². The minimum Gasteiger partial charge on any atom is -0.504 e. The van der Waals surface area contributed by atoms with Gasteiger partial charge in [-0.2, -0.15) is 0 Å². The molecule has 2 heterocycles. The number of fused-ring (bicyclic) bond motifs is 2. The number of Topliss-reactive ketones (excluding diaryl/α,β-unsaturated/α-hetero) is 1. The summed E-state index contributed by atoms with van der Waals surface area (Å²) in [4.78, 5) is 31.0. The molecule has 1 aliphatic rings. The Balaban J connectivity index is 1.99. The number of aromatic hydroxyl groups is 2. The van der Waals surface area contributed by atoms with E-state index in [0.29, 0.717) is 64.8 Å². The molecule has 4 rings (SSSR count). The van der Waals surface area contributed by atoms with Crippen molar-refractivity contribution in [2.45, 2.75) is 12.8 Å². The maximum absolute atomic E-state index is 12.5. The Morgan fingerprint density at radius 3 is 2.36 bits per heavy atom. The first-order valence-electron chi connectivity index (χ1n) is 8.94. The highest BCUT2D eigenvalue weighted by molar-refractivity contribution is 6.51. The second kappa shape index (κ2) is 6.66. The van der Waals surface area contributed by atoms with E-state index in [-0.39, 0.29) is 11.5 Å². The molecule has 0 bridgehead atoms. The molecule has 0 unspecified atom stereocenters. The summed E-state index contributed by atoms with van der Waals surface area (Å²) in [5.41, 5.74) is 15.0. The molecule has 2 aromatic heterocycles. The summed E-state index contributed by atoms with van der Waals surface area (Å²) < 4.78 is 0. The van der Waals surface area contributed by atoms with Gasteiger partial charge in [0.1, 0.15) is 0 Å². The van der Waals surface area contributed by atoms with Crippen LogP contribution >= 0.6 is 0 Å². The maximum Gasteiger partial charge on any atom is 0.235 e. The topological polar surface area (TPSA) is 158 Å². The Hall–Kier alpha value is -3.36. The first-order chi connectivity index (χ1) is 13.5. The summed E-state index contributed by atoms with van der Waals surface area (Å²) >= 11 is 0. The summed E-state index contributed by atoms with van der Waals surface area (Å²) in [7, 11) is 0. The van der Waals surface area contributed by atoms with Crippen LogP contribution in [0.5, 0.6) is 11.5 Å². The molecule has 28 heavy (non-hydrogen) atoms. The minimum absolute atomic E-state index is 0.252. The lowest BCUT2D eigenvalue weighted by Gasteiger charge is -2.16. The molecule has 1 aliphatic carbocycles. The number of nitrogens with one attached hydrogen (secondary N) is 2. The van der Waals surface area contributed by atoms with Crippen molar-refractivity contribution in [3.05, 3.63) is 52.5 Å². The average molecular weight is 380 g/mol. The lowest BCUT2D eigenvalue weighted by molar-refractivity contribution is -0.111. The number of hydrogen-bond donors (Lipinski definition) is 6. The van der Waals surface area contributed by atoms with Crippen LogP contribution in [0.3, 0.4) is 0 Å². The van der Waals surface area contributed by atoms with E-state index in [1.165, 1.54) is 12.1 Å². The highest BCUT2D eigenvalue weighted by Gasteiger charge is 2.32. The largest absolute Gasteiger partial charge is 0.504 e. The van der Waals surface area contributed by atoms with Crippen molar-refractivity contribution in [1.29, 1.82) is 0 Å². The summed E-state index contributed by atoms with van der Waals surface area (Å²) in [5, 5.41) is 21.1. The minimum atomic E-state index is -0.644. The molecule has 1 aromatic carbocycles. The van der Waals surface area contributed by atoms with Crippen LogP contribution in [0.2, 0.25) is 0 Å². The van der Waals surface area contributed by atoms with Crippen LogP contribution < -0.4 is 11.5 Å². The second-order valence-corrected chi connectivity index (χ2v) is 6.75. The molecule has 0 saturated carbocycles. The van der Waals surface area contributed by atoms with Gasteiger partial charge in [-0.05, 0) is 49.2 Å². The molecule has 8 N–H and O–H groups in total. The van der Waals surface area contributed by atoms with E-state index in [4.69, 9.17) is 11.5 Å². The van der Waals surface area contributed by atoms with Gasteiger partial charge < -0.3 is 31.6 Å². The number of allylic oxidation sites excluding steroid dienone is 1. The number of phenolic OH excluding ortho intramolecular Hbond substituents is 2. The van der Waals surface area contributed by atoms with E-state index >= 15 is 0 Å². The van der Waals surface area contributed by atoms with Gasteiger partial charge in [0.05, 0.1) is 16.8 Å². The Labute approximate surface area is 159 Å². The Morgan fingerprint density at radius 1 is 0.964 bits per heavy atom. The van der Waals surface area contributed by atoms with Crippen LogP contribution in [0, 0.1) is 0 Å². The molecular weight excluding hydrogens is 360 g/mol. The Morgan fingerprint density at radius 2 is 1.64 bits per heavy atom. The Kier molecular flexibility index (Phi) is 4.29. The van der Waals surface area contributed by atoms with E-state index in [1.807, 2.05) is 0 Å². The van der Waals surface area contributed by atoms with Gasteiger partial charge in [0.25, 0.3) is 0 Å². The van der Waals surface area contributed by atoms with E-state index in [9.17, 15) is 19.8 Å². The standard InChI is InChI=1S/C20H20N4O4/c21-3-1-9-7-23-17-11(5-13(25)19(27)15(9)17)12-6-14(26)20(28)16-10(2-4-22)8-24-18(12)16/h5-8,23-25,27H,1-4,21-22H2. The van der Waals surface area contributed by atoms with Crippen molar-refractivity contribution in [2.24, 2.45) is 11.5 Å². The predicted octanol–water partition coefficient (Wildman–Crippen LogP) is 1.11. The maximum atomic E-state index is 12.5. The lowest BCUT2D eigenvalue weighted by Crippen LogP contribution is -2.20. The van der Waals surface area contributed by atoms with Crippen molar-refractivity contribution in [3.8, 4) is 11.5 Å². The van der Waals surface area contributed by atoms with Crippen LogP contribution in [0.15, 0.2) is 24.5 Å². The molecule has 0 atom stereocenters. The van der Waals surface area contributed by atoms with Crippen molar-refractivity contribution in [2.75, 3.05) is 13.1 Å². The van der Waals surface area contributed by atoms with Gasteiger partial charge in [-0.25, -0.2) is 0 Å². The third-order valence-corrected chi connectivity index (χ3v) is 5.07. The smallest absolute Gasteiger partial charge is 0.235 e. The normalized spacial score (nSPS) is 13.9. The molecule has 8 heteroatoms. The van der Waals surface area contributed by atoms with Gasteiger partial charge in [0.15, 0.2) is 11.5 Å². The van der Waals surface area contributed by atoms with Crippen LogP contribution in [-0.4, -0.2) is 44.8 Å². The SMILES string of the molecule is NCCc1c[nH]c2c1C(=O)C(=O)C=C2c1cc(O)c(O)c2c(CCN)c[nH]c12. The number of carbonyl (C=O) groups excluding carboxylic acids is 2. The number of nitrogens with two attached hydrogens (primary N) is 2. The number of phenols is 2. The molecule has 8 nitrogen and oxygen atoms in total. The molecule has 0 amide bonds. The monoisotopic (exact) mass is 380 g/mol. The summed E-state index contributed by atoms with van der Waals surface area (Å²) in [5.74, 6) is -1.80. The van der Waals surface area contributed by atoms with Crippen molar-refractivity contribution >= 4 is 28.0 Å².